The summed E-state index contributed by atoms with van der Waals surface area (Å²) in [6.45, 7) is 0.850. The normalized spacial score (nSPS) is 15.2. The number of hydrogen-bond donors (Lipinski definition) is 1. The lowest BCUT2D eigenvalue weighted by molar-refractivity contribution is -0.126. The van der Waals surface area contributed by atoms with E-state index in [1.807, 2.05) is 6.07 Å². The Bertz CT molecular complexity index is 1080. The number of benzene rings is 2. The number of methoxy groups -OCH3 is 3. The highest BCUT2D eigenvalue weighted by Crippen LogP contribution is 2.39. The van der Waals surface area contributed by atoms with Crippen molar-refractivity contribution < 1.29 is 27.4 Å². The zero-order valence-corrected chi connectivity index (χ0v) is 20.5. The lowest BCUT2D eigenvalue weighted by Crippen LogP contribution is -2.43. The van der Waals surface area contributed by atoms with Crippen molar-refractivity contribution in [3.63, 3.8) is 0 Å². The number of sulfonamides is 1. The number of hydrogen-bond acceptors (Lipinski definition) is 6. The molecule has 33 heavy (non-hydrogen) atoms. The molecule has 1 aliphatic heterocycles. The van der Waals surface area contributed by atoms with E-state index in [1.165, 1.54) is 18.5 Å². The summed E-state index contributed by atoms with van der Waals surface area (Å²) in [4.78, 5) is 12.7. The Balaban J connectivity index is 1.57. The zero-order valence-electron chi connectivity index (χ0n) is 19.0. The fourth-order valence-electron chi connectivity index (χ4n) is 3.93. The summed E-state index contributed by atoms with van der Waals surface area (Å²) >= 11 is 6.12. The highest BCUT2D eigenvalue weighted by Gasteiger charge is 2.31. The predicted molar refractivity (Wildman–Crippen MR) is 126 cm³/mol. The molecule has 1 amide bonds. The van der Waals surface area contributed by atoms with Crippen molar-refractivity contribution in [2.75, 3.05) is 34.4 Å². The van der Waals surface area contributed by atoms with Crippen LogP contribution in [0, 0.1) is 5.92 Å². The quantitative estimate of drug-likeness (QED) is 0.573. The number of rotatable bonds is 9. The summed E-state index contributed by atoms with van der Waals surface area (Å²) < 4.78 is 43.2. The van der Waals surface area contributed by atoms with Gasteiger partial charge < -0.3 is 19.5 Å². The molecule has 0 saturated carbocycles. The van der Waals surface area contributed by atoms with E-state index < -0.39 is 10.0 Å². The Labute approximate surface area is 199 Å². The van der Waals surface area contributed by atoms with Crippen molar-refractivity contribution in [2.45, 2.75) is 25.1 Å². The highest BCUT2D eigenvalue weighted by molar-refractivity contribution is 7.88. The Kier molecular flexibility index (Phi) is 8.45. The van der Waals surface area contributed by atoms with Gasteiger partial charge in [0.15, 0.2) is 11.5 Å². The van der Waals surface area contributed by atoms with Gasteiger partial charge in [0.25, 0.3) is 0 Å². The standard InChI is InChI=1S/C23H29ClN2O6S/c1-30-20-9-8-17(21(31-2)22(20)32-3)14-25-23(27)16-10-12-26(13-11-16)33(28,29)15-18-6-4-5-7-19(18)24/h4-9,16H,10-15H2,1-3H3,(H,25,27). The van der Waals surface area contributed by atoms with Gasteiger partial charge in [-0.25, -0.2) is 12.7 Å². The van der Waals surface area contributed by atoms with Crippen LogP contribution in [-0.2, 0) is 27.1 Å². The van der Waals surface area contributed by atoms with Crippen molar-refractivity contribution in [3.8, 4) is 17.2 Å². The van der Waals surface area contributed by atoms with Gasteiger partial charge in [0.1, 0.15) is 0 Å². The fraction of sp³-hybridized carbons (Fsp3) is 0.435. The highest BCUT2D eigenvalue weighted by atomic mass is 35.5. The lowest BCUT2D eigenvalue weighted by atomic mass is 9.97. The second-order valence-electron chi connectivity index (χ2n) is 7.73. The van der Waals surface area contributed by atoms with E-state index in [9.17, 15) is 13.2 Å². The largest absolute Gasteiger partial charge is 0.493 e. The minimum atomic E-state index is -3.51. The monoisotopic (exact) mass is 496 g/mol. The first-order valence-corrected chi connectivity index (χ1v) is 12.6. The molecule has 1 N–H and O–H groups in total. The smallest absolute Gasteiger partial charge is 0.223 e. The van der Waals surface area contributed by atoms with Crippen LogP contribution in [-0.4, -0.2) is 53.0 Å². The minimum Gasteiger partial charge on any atom is -0.493 e. The third kappa shape index (κ3) is 5.90. The molecule has 10 heteroatoms. The first-order chi connectivity index (χ1) is 15.8. The van der Waals surface area contributed by atoms with Crippen LogP contribution in [0.3, 0.4) is 0 Å². The maximum atomic E-state index is 12.8. The van der Waals surface area contributed by atoms with Gasteiger partial charge in [0.2, 0.25) is 21.7 Å². The molecule has 2 aromatic carbocycles. The van der Waals surface area contributed by atoms with E-state index in [0.717, 1.165) is 5.56 Å². The summed E-state index contributed by atoms with van der Waals surface area (Å²) in [7, 11) is 1.08. The Hall–Kier alpha value is -2.49. The zero-order chi connectivity index (χ0) is 24.0. The van der Waals surface area contributed by atoms with Crippen molar-refractivity contribution >= 4 is 27.5 Å². The number of halogens is 1. The van der Waals surface area contributed by atoms with Crippen LogP contribution in [0.1, 0.15) is 24.0 Å². The second kappa shape index (κ2) is 11.1. The van der Waals surface area contributed by atoms with Gasteiger partial charge in [-0.15, -0.1) is 0 Å². The molecule has 0 radical (unpaired) electrons. The Morgan fingerprint density at radius 2 is 1.67 bits per heavy atom. The predicted octanol–water partition coefficient (Wildman–Crippen LogP) is 3.22. The van der Waals surface area contributed by atoms with E-state index in [1.54, 1.807) is 37.4 Å². The maximum Gasteiger partial charge on any atom is 0.223 e. The Morgan fingerprint density at radius 3 is 2.27 bits per heavy atom. The van der Waals surface area contributed by atoms with Gasteiger partial charge in [-0.3, -0.25) is 4.79 Å². The number of piperidine rings is 1. The molecule has 0 unspecified atom stereocenters. The van der Waals surface area contributed by atoms with Crippen LogP contribution in [0.5, 0.6) is 17.2 Å². The molecule has 2 aromatic rings. The molecule has 0 atom stereocenters. The second-order valence-corrected chi connectivity index (χ2v) is 10.1. The van der Waals surface area contributed by atoms with E-state index in [2.05, 4.69) is 5.32 Å². The van der Waals surface area contributed by atoms with E-state index in [0.29, 0.717) is 53.8 Å². The summed E-state index contributed by atoms with van der Waals surface area (Å²) in [6, 6.07) is 10.5. The first-order valence-electron chi connectivity index (χ1n) is 10.6. The van der Waals surface area contributed by atoms with Gasteiger partial charge >= 0.3 is 0 Å². The van der Waals surface area contributed by atoms with Crippen LogP contribution in [0.2, 0.25) is 5.02 Å². The van der Waals surface area contributed by atoms with Crippen molar-refractivity contribution in [3.05, 3.63) is 52.5 Å². The molecule has 1 aliphatic rings. The molecule has 0 spiro atoms. The molecule has 8 nitrogen and oxygen atoms in total. The number of amides is 1. The fourth-order valence-corrected chi connectivity index (χ4v) is 5.80. The lowest BCUT2D eigenvalue weighted by Gasteiger charge is -2.30. The molecule has 0 bridgehead atoms. The summed E-state index contributed by atoms with van der Waals surface area (Å²) in [5.74, 6) is 0.969. The van der Waals surface area contributed by atoms with Crippen molar-refractivity contribution in [1.82, 2.24) is 9.62 Å². The molecule has 180 valence electrons. The molecule has 1 fully saturated rings. The Morgan fingerprint density at radius 1 is 1.00 bits per heavy atom. The first kappa shape index (κ1) is 25.1. The molecule has 0 aromatic heterocycles. The van der Waals surface area contributed by atoms with Crippen LogP contribution >= 0.6 is 11.6 Å². The molecular formula is C23H29ClN2O6S. The van der Waals surface area contributed by atoms with Gasteiger partial charge in [-0.2, -0.15) is 0 Å². The van der Waals surface area contributed by atoms with Crippen LogP contribution in [0.15, 0.2) is 36.4 Å². The summed E-state index contributed by atoms with van der Waals surface area (Å²) in [6.07, 6.45) is 0.910. The van der Waals surface area contributed by atoms with Gasteiger partial charge in [-0.1, -0.05) is 29.8 Å². The number of carbonyl (C=O) groups excluding carboxylic acids is 1. The average molecular weight is 497 g/mol. The third-order valence-electron chi connectivity index (χ3n) is 5.75. The SMILES string of the molecule is COc1ccc(CNC(=O)C2CCN(S(=O)(=O)Cc3ccccc3Cl)CC2)c(OC)c1OC. The number of carbonyl (C=O) groups is 1. The van der Waals surface area contributed by atoms with Crippen molar-refractivity contribution in [1.29, 1.82) is 0 Å². The topological polar surface area (TPSA) is 94.2 Å². The maximum absolute atomic E-state index is 12.8. The molecule has 1 heterocycles. The number of ether oxygens (including phenoxy) is 3. The number of nitrogens with one attached hydrogen (secondary N) is 1. The van der Waals surface area contributed by atoms with Crippen LogP contribution < -0.4 is 19.5 Å². The van der Waals surface area contributed by atoms with Gasteiger partial charge in [0, 0.05) is 36.1 Å². The third-order valence-corrected chi connectivity index (χ3v) is 7.95. The summed E-state index contributed by atoms with van der Waals surface area (Å²) in [5, 5.41) is 3.36. The molecular weight excluding hydrogens is 468 g/mol. The van der Waals surface area contributed by atoms with E-state index in [-0.39, 0.29) is 24.1 Å². The molecule has 3 rings (SSSR count). The van der Waals surface area contributed by atoms with Crippen molar-refractivity contribution in [2.24, 2.45) is 5.92 Å². The number of nitrogens with zero attached hydrogens (tertiary/aromatic N) is 1. The van der Waals surface area contributed by atoms with Crippen LogP contribution in [0.4, 0.5) is 0 Å². The van der Waals surface area contributed by atoms with E-state index in [4.69, 9.17) is 25.8 Å². The van der Waals surface area contributed by atoms with E-state index >= 15 is 0 Å². The van der Waals surface area contributed by atoms with Crippen LogP contribution in [0.25, 0.3) is 0 Å². The van der Waals surface area contributed by atoms with Gasteiger partial charge in [-0.05, 0) is 36.6 Å². The minimum absolute atomic E-state index is 0.116. The molecule has 1 saturated heterocycles. The summed E-state index contributed by atoms with van der Waals surface area (Å²) in [5.41, 5.74) is 1.33. The average Bonchev–Trinajstić information content (AvgIpc) is 2.83. The molecule has 0 aliphatic carbocycles. The van der Waals surface area contributed by atoms with Gasteiger partial charge in [0.05, 0.1) is 27.1 Å².